The first-order chi connectivity index (χ1) is 20.5. The van der Waals surface area contributed by atoms with Crippen LogP contribution >= 0.6 is 0 Å². The molecule has 10 heteroatoms. The molecule has 2 aromatic carbocycles. The number of morpholine rings is 2. The lowest BCUT2D eigenvalue weighted by Gasteiger charge is -2.27. The van der Waals surface area contributed by atoms with Gasteiger partial charge in [-0.15, -0.1) is 0 Å². The summed E-state index contributed by atoms with van der Waals surface area (Å²) in [6.45, 7) is 9.63. The summed E-state index contributed by atoms with van der Waals surface area (Å²) in [6, 6.07) is 15.1. The number of nitrogens with one attached hydrogen (secondary N) is 1. The van der Waals surface area contributed by atoms with E-state index in [0.717, 1.165) is 86.3 Å². The summed E-state index contributed by atoms with van der Waals surface area (Å²) in [6.07, 6.45) is 3.08. The molecule has 0 saturated carbocycles. The normalized spacial score (nSPS) is 16.5. The molecule has 2 fully saturated rings. The fourth-order valence-electron chi connectivity index (χ4n) is 6.13. The Morgan fingerprint density at radius 1 is 0.833 bits per heavy atom. The van der Waals surface area contributed by atoms with E-state index in [0.29, 0.717) is 19.2 Å². The number of benzene rings is 2. The maximum Gasteiger partial charge on any atom is 0.228 e. The maximum atomic E-state index is 5.60. The van der Waals surface area contributed by atoms with E-state index in [1.165, 1.54) is 21.9 Å². The zero-order chi connectivity index (χ0) is 28.6. The third kappa shape index (κ3) is 5.33. The molecule has 218 valence electrons. The molecule has 7 rings (SSSR count). The molecule has 1 N–H and O–H groups in total. The van der Waals surface area contributed by atoms with E-state index in [4.69, 9.17) is 24.5 Å². The van der Waals surface area contributed by atoms with Gasteiger partial charge in [0.1, 0.15) is 5.82 Å². The monoisotopic (exact) mass is 566 g/mol. The van der Waals surface area contributed by atoms with Crippen molar-refractivity contribution in [2.75, 3.05) is 69.4 Å². The summed E-state index contributed by atoms with van der Waals surface area (Å²) >= 11 is 0. The lowest BCUT2D eigenvalue weighted by Crippen LogP contribution is -2.37. The largest absolute Gasteiger partial charge is 0.379 e. The number of ether oxygens (including phenoxy) is 2. The van der Waals surface area contributed by atoms with Gasteiger partial charge in [-0.3, -0.25) is 9.58 Å². The highest BCUT2D eigenvalue weighted by molar-refractivity contribution is 5.88. The Labute approximate surface area is 245 Å². The van der Waals surface area contributed by atoms with Crippen molar-refractivity contribution in [3.05, 3.63) is 59.9 Å². The SMILES string of the molecule is Cc1cn(C)c2cc(Nc3cc(-c4ccc5c(CCN6CCOCC6)nn(C)c5c4)nc(N4CCOCC4)n3)ccc12. The Kier molecular flexibility index (Phi) is 7.27. The van der Waals surface area contributed by atoms with Crippen molar-refractivity contribution in [3.63, 3.8) is 0 Å². The highest BCUT2D eigenvalue weighted by atomic mass is 16.5. The quantitative estimate of drug-likeness (QED) is 0.313. The lowest BCUT2D eigenvalue weighted by atomic mass is 10.1. The Balaban J connectivity index is 1.22. The van der Waals surface area contributed by atoms with Crippen molar-refractivity contribution in [1.82, 2.24) is 29.2 Å². The lowest BCUT2D eigenvalue weighted by molar-refractivity contribution is 0.0383. The Bertz CT molecular complexity index is 1730. The highest BCUT2D eigenvalue weighted by Gasteiger charge is 2.19. The van der Waals surface area contributed by atoms with Gasteiger partial charge in [0.25, 0.3) is 0 Å². The minimum absolute atomic E-state index is 0.675. The number of anilines is 3. The Morgan fingerprint density at radius 3 is 2.40 bits per heavy atom. The second kappa shape index (κ2) is 11.4. The van der Waals surface area contributed by atoms with Gasteiger partial charge >= 0.3 is 0 Å². The van der Waals surface area contributed by atoms with Gasteiger partial charge in [-0.05, 0) is 30.7 Å². The molecule has 0 spiro atoms. The zero-order valence-corrected chi connectivity index (χ0v) is 24.6. The summed E-state index contributed by atoms with van der Waals surface area (Å²) in [7, 11) is 4.11. The second-order valence-electron chi connectivity index (χ2n) is 11.3. The standard InChI is InChI=1S/C32H38N8O2/c1-22-21-37(2)29-19-24(5-7-25(22)29)33-31-20-28(34-32(35-31)40-12-16-42-17-13-40)23-4-6-26-27(36-38(3)30(26)18-23)8-9-39-10-14-41-15-11-39/h4-7,18-21H,8-17H2,1-3H3,(H,33,34,35). The topological polar surface area (TPSA) is 85.5 Å². The van der Waals surface area contributed by atoms with Crippen molar-refractivity contribution in [3.8, 4) is 11.3 Å². The average Bonchev–Trinajstić information content (AvgIpc) is 3.50. The molecule has 0 radical (unpaired) electrons. The Morgan fingerprint density at radius 2 is 1.60 bits per heavy atom. The molecule has 5 heterocycles. The molecular weight excluding hydrogens is 528 g/mol. The summed E-state index contributed by atoms with van der Waals surface area (Å²) in [5.41, 5.74) is 7.61. The molecule has 42 heavy (non-hydrogen) atoms. The molecule has 5 aromatic rings. The molecular formula is C32H38N8O2. The van der Waals surface area contributed by atoms with E-state index in [2.05, 4.69) is 76.3 Å². The van der Waals surface area contributed by atoms with E-state index in [1.807, 2.05) is 17.8 Å². The maximum absolute atomic E-state index is 5.60. The first-order valence-electron chi connectivity index (χ1n) is 14.8. The van der Waals surface area contributed by atoms with Gasteiger partial charge in [-0.2, -0.15) is 10.1 Å². The third-order valence-electron chi connectivity index (χ3n) is 8.46. The van der Waals surface area contributed by atoms with Crippen molar-refractivity contribution in [2.24, 2.45) is 14.1 Å². The van der Waals surface area contributed by atoms with E-state index in [1.54, 1.807) is 0 Å². The second-order valence-corrected chi connectivity index (χ2v) is 11.3. The van der Waals surface area contributed by atoms with Crippen LogP contribution in [0.3, 0.4) is 0 Å². The minimum Gasteiger partial charge on any atom is -0.379 e. The van der Waals surface area contributed by atoms with Gasteiger partial charge in [-0.1, -0.05) is 18.2 Å². The molecule has 2 aliphatic heterocycles. The van der Waals surface area contributed by atoms with Gasteiger partial charge < -0.3 is 24.3 Å². The number of aromatic nitrogens is 5. The first kappa shape index (κ1) is 26.9. The molecule has 0 atom stereocenters. The van der Waals surface area contributed by atoms with Gasteiger partial charge in [0.05, 0.1) is 48.8 Å². The predicted octanol–water partition coefficient (Wildman–Crippen LogP) is 4.29. The molecule has 0 unspecified atom stereocenters. The predicted molar refractivity (Wildman–Crippen MR) is 167 cm³/mol. The zero-order valence-electron chi connectivity index (χ0n) is 24.6. The van der Waals surface area contributed by atoms with Crippen molar-refractivity contribution in [2.45, 2.75) is 13.3 Å². The van der Waals surface area contributed by atoms with Gasteiger partial charge in [0.15, 0.2) is 0 Å². The van der Waals surface area contributed by atoms with Crippen molar-refractivity contribution >= 4 is 39.3 Å². The smallest absolute Gasteiger partial charge is 0.228 e. The molecule has 2 aliphatic rings. The fraction of sp³-hybridized carbons (Fsp3) is 0.406. The van der Waals surface area contributed by atoms with Crippen LogP contribution in [0.1, 0.15) is 11.3 Å². The summed E-state index contributed by atoms with van der Waals surface area (Å²) in [5, 5.41) is 10.9. The molecule has 10 nitrogen and oxygen atoms in total. The highest BCUT2D eigenvalue weighted by Crippen LogP contribution is 2.30. The minimum atomic E-state index is 0.675. The van der Waals surface area contributed by atoms with E-state index in [-0.39, 0.29) is 0 Å². The van der Waals surface area contributed by atoms with Gasteiger partial charge in [-0.25, -0.2) is 4.98 Å². The van der Waals surface area contributed by atoms with E-state index in [9.17, 15) is 0 Å². The van der Waals surface area contributed by atoms with Crippen molar-refractivity contribution in [1.29, 1.82) is 0 Å². The number of nitrogens with zero attached hydrogens (tertiary/aromatic N) is 7. The molecule has 0 aliphatic carbocycles. The first-order valence-corrected chi connectivity index (χ1v) is 14.8. The number of rotatable bonds is 7. The van der Waals surface area contributed by atoms with Crippen LogP contribution in [0.2, 0.25) is 0 Å². The third-order valence-corrected chi connectivity index (χ3v) is 8.46. The number of aryl methyl sites for hydroxylation is 3. The van der Waals surface area contributed by atoms with E-state index < -0.39 is 0 Å². The van der Waals surface area contributed by atoms with Crippen LogP contribution in [0.15, 0.2) is 48.7 Å². The Hall–Kier alpha value is -3.99. The van der Waals surface area contributed by atoms with Gasteiger partial charge in [0.2, 0.25) is 5.95 Å². The van der Waals surface area contributed by atoms with E-state index >= 15 is 0 Å². The van der Waals surface area contributed by atoms with Crippen LogP contribution in [0.4, 0.5) is 17.5 Å². The number of fused-ring (bicyclic) bond motifs is 2. The number of hydrogen-bond donors (Lipinski definition) is 1. The summed E-state index contributed by atoms with van der Waals surface area (Å²) < 4.78 is 15.3. The van der Waals surface area contributed by atoms with Crippen LogP contribution < -0.4 is 10.2 Å². The van der Waals surface area contributed by atoms with Crippen LogP contribution in [0, 0.1) is 6.92 Å². The molecule has 0 bridgehead atoms. The molecule has 3 aromatic heterocycles. The van der Waals surface area contributed by atoms with Crippen LogP contribution in [-0.4, -0.2) is 88.4 Å². The van der Waals surface area contributed by atoms with Gasteiger partial charge in [0, 0.05) is 87.5 Å². The molecule has 2 saturated heterocycles. The number of hydrogen-bond acceptors (Lipinski definition) is 8. The van der Waals surface area contributed by atoms with Crippen LogP contribution in [0.25, 0.3) is 33.1 Å². The fourth-order valence-corrected chi connectivity index (χ4v) is 6.13. The van der Waals surface area contributed by atoms with Crippen LogP contribution in [0.5, 0.6) is 0 Å². The summed E-state index contributed by atoms with van der Waals surface area (Å²) in [5.74, 6) is 1.48. The van der Waals surface area contributed by atoms with Crippen molar-refractivity contribution < 1.29 is 9.47 Å². The average molecular weight is 567 g/mol. The molecule has 0 amide bonds. The van der Waals surface area contributed by atoms with Crippen LogP contribution in [-0.2, 0) is 30.0 Å². The summed E-state index contributed by atoms with van der Waals surface area (Å²) in [4.78, 5) is 14.7.